The Balaban J connectivity index is 0.000000130. The Morgan fingerprint density at radius 1 is 0.522 bits per heavy atom. The first-order valence-electron chi connectivity index (χ1n) is 23.0. The summed E-state index contributed by atoms with van der Waals surface area (Å²) in [5.74, 6) is 5.90. The zero-order chi connectivity index (χ0) is 45.6. The molecule has 2 aliphatic rings. The molecule has 0 bridgehead atoms. The fourth-order valence-corrected chi connectivity index (χ4v) is 9.75. The molecule has 0 N–H and O–H groups in total. The van der Waals surface area contributed by atoms with E-state index in [1.54, 1.807) is 0 Å². The summed E-state index contributed by atoms with van der Waals surface area (Å²) < 4.78 is 12.8. The van der Waals surface area contributed by atoms with Gasteiger partial charge in [-0.05, 0) is 103 Å². The number of para-hydroxylation sites is 2. The van der Waals surface area contributed by atoms with Crippen molar-refractivity contribution in [1.82, 2.24) is 0 Å². The summed E-state index contributed by atoms with van der Waals surface area (Å²) >= 11 is 0. The van der Waals surface area contributed by atoms with Crippen molar-refractivity contribution in [2.45, 2.75) is 31.6 Å². The van der Waals surface area contributed by atoms with E-state index in [0.29, 0.717) is 0 Å². The van der Waals surface area contributed by atoms with Crippen molar-refractivity contribution in [3.05, 3.63) is 281 Å². The molecule has 1 unspecified atom stereocenters. The van der Waals surface area contributed by atoms with Crippen LogP contribution in [0.15, 0.2) is 237 Å². The van der Waals surface area contributed by atoms with E-state index in [9.17, 15) is 0 Å². The smallest absolute Gasteiger partial charge is 0.178 e. The molecular formula is C65H50O2. The molecule has 322 valence electrons. The van der Waals surface area contributed by atoms with Crippen molar-refractivity contribution in [2.24, 2.45) is 0 Å². The Bertz CT molecular complexity index is 3380. The number of aryl methyl sites for hydroxylation is 2. The number of rotatable bonds is 6. The van der Waals surface area contributed by atoms with Gasteiger partial charge in [-0.1, -0.05) is 237 Å². The van der Waals surface area contributed by atoms with E-state index in [2.05, 4.69) is 208 Å². The number of fused-ring (bicyclic) bond motifs is 9. The summed E-state index contributed by atoms with van der Waals surface area (Å²) in [6, 6.07) is 80.5. The minimum Gasteiger partial charge on any atom is -0.449 e. The van der Waals surface area contributed by atoms with Gasteiger partial charge in [-0.2, -0.15) is 0 Å². The van der Waals surface area contributed by atoms with Crippen LogP contribution in [0.3, 0.4) is 0 Å². The quantitative estimate of drug-likeness (QED) is 0.122. The lowest BCUT2D eigenvalue weighted by atomic mass is 9.68. The van der Waals surface area contributed by atoms with Crippen molar-refractivity contribution < 1.29 is 9.47 Å². The Labute approximate surface area is 394 Å². The molecular weight excluding hydrogens is 813 g/mol. The van der Waals surface area contributed by atoms with Gasteiger partial charge in [-0.15, -0.1) is 6.42 Å². The Morgan fingerprint density at radius 2 is 1.12 bits per heavy atom. The molecule has 1 aliphatic heterocycles. The molecule has 10 aromatic carbocycles. The lowest BCUT2D eigenvalue weighted by molar-refractivity contribution is 0.360. The fraction of sp³-hybridized carbons (Fsp3) is 0.0769. The van der Waals surface area contributed by atoms with E-state index in [0.717, 1.165) is 35.0 Å². The van der Waals surface area contributed by atoms with E-state index in [-0.39, 0.29) is 5.92 Å². The summed E-state index contributed by atoms with van der Waals surface area (Å²) in [4.78, 5) is 0. The Hall–Kier alpha value is -8.38. The predicted molar refractivity (Wildman–Crippen MR) is 279 cm³/mol. The van der Waals surface area contributed by atoms with E-state index < -0.39 is 5.41 Å². The first-order chi connectivity index (χ1) is 33.1. The molecule has 2 nitrogen and oxygen atoms in total. The summed E-state index contributed by atoms with van der Waals surface area (Å²) in [7, 11) is 0. The zero-order valence-electron chi connectivity index (χ0n) is 37.8. The Morgan fingerprint density at radius 3 is 1.84 bits per heavy atom. The van der Waals surface area contributed by atoms with Gasteiger partial charge >= 0.3 is 0 Å². The Kier molecular flexibility index (Phi) is 12.1. The molecule has 0 saturated heterocycles. The molecule has 1 aliphatic carbocycles. The molecule has 2 heteroatoms. The highest BCUT2D eigenvalue weighted by atomic mass is 16.6. The first kappa shape index (κ1) is 42.6. The van der Waals surface area contributed by atoms with Gasteiger partial charge in [0.15, 0.2) is 23.0 Å². The third-order valence-electron chi connectivity index (χ3n) is 13.0. The number of allylic oxidation sites excluding steroid dienone is 1. The van der Waals surface area contributed by atoms with Gasteiger partial charge in [0.25, 0.3) is 0 Å². The SMILES string of the molecule is C#CC(/C=C/c1ccccc1)c1ccccc1C.CCc1ccc2c(ccc3ccccc32)c1.c1ccc(C2(c3ccccc3)c3ccccc3-c3c2ccc2c3Oc3ccccc3O2)cc1. The molecule has 0 aromatic heterocycles. The average molecular weight is 863 g/mol. The molecule has 12 rings (SSSR count). The standard InChI is InChI=1S/C31H20O2.C18H16.C16H14/c1-3-11-21(12-4-1)31(22-13-5-2-6-14-22)24-16-8-7-15-23(24)29-25(31)19-20-28-30(29)33-27-18-10-9-17-26(27)32-28;1-3-17(18-12-8-7-9-15(18)2)14-13-16-10-5-4-6-11-16;1-2-12-7-10-16-14(11-12)9-8-13-5-3-4-6-15(13)16/h1-20H;1,4-14,17H,2H3;3-11H,2H2,1H3/b;14-13+;. The van der Waals surface area contributed by atoms with Gasteiger partial charge < -0.3 is 9.47 Å². The predicted octanol–water partition coefficient (Wildman–Crippen LogP) is 16.9. The van der Waals surface area contributed by atoms with Crippen LogP contribution in [-0.4, -0.2) is 0 Å². The zero-order valence-corrected chi connectivity index (χ0v) is 37.8. The van der Waals surface area contributed by atoms with Crippen molar-refractivity contribution in [1.29, 1.82) is 0 Å². The van der Waals surface area contributed by atoms with Crippen LogP contribution in [0.5, 0.6) is 23.0 Å². The van der Waals surface area contributed by atoms with Crippen LogP contribution in [0.2, 0.25) is 0 Å². The highest BCUT2D eigenvalue weighted by Crippen LogP contribution is 2.62. The highest BCUT2D eigenvalue weighted by Gasteiger charge is 2.48. The molecule has 0 fully saturated rings. The third kappa shape index (κ3) is 8.18. The first-order valence-corrected chi connectivity index (χ1v) is 23.0. The van der Waals surface area contributed by atoms with Gasteiger partial charge in [0.2, 0.25) is 0 Å². The van der Waals surface area contributed by atoms with Crippen LogP contribution in [0.25, 0.3) is 38.7 Å². The van der Waals surface area contributed by atoms with E-state index in [1.807, 2.05) is 54.6 Å². The van der Waals surface area contributed by atoms with Gasteiger partial charge in [0.1, 0.15) is 0 Å². The topological polar surface area (TPSA) is 18.5 Å². The second-order valence-electron chi connectivity index (χ2n) is 17.0. The van der Waals surface area contributed by atoms with Gasteiger partial charge in [0.05, 0.1) is 11.3 Å². The molecule has 1 atom stereocenters. The maximum atomic E-state index is 6.52. The van der Waals surface area contributed by atoms with Gasteiger partial charge in [-0.3, -0.25) is 0 Å². The highest BCUT2D eigenvalue weighted by molar-refractivity contribution is 6.07. The van der Waals surface area contributed by atoms with Crippen LogP contribution in [0.4, 0.5) is 0 Å². The molecule has 0 saturated carbocycles. The number of hydrogen-bond donors (Lipinski definition) is 0. The third-order valence-corrected chi connectivity index (χ3v) is 13.0. The van der Waals surface area contributed by atoms with E-state index in [4.69, 9.17) is 15.9 Å². The second-order valence-corrected chi connectivity index (χ2v) is 17.0. The minimum absolute atomic E-state index is 0.0337. The minimum atomic E-state index is -0.441. The van der Waals surface area contributed by atoms with Crippen LogP contribution in [0.1, 0.15) is 57.3 Å². The normalized spacial score (nSPS) is 12.9. The summed E-state index contributed by atoms with van der Waals surface area (Å²) in [6.07, 6.45) is 10.9. The van der Waals surface area contributed by atoms with Crippen LogP contribution < -0.4 is 9.47 Å². The number of ether oxygens (including phenoxy) is 2. The van der Waals surface area contributed by atoms with Crippen molar-refractivity contribution in [3.8, 4) is 46.5 Å². The number of hydrogen-bond acceptors (Lipinski definition) is 2. The molecule has 67 heavy (non-hydrogen) atoms. The number of benzene rings is 10. The maximum absolute atomic E-state index is 6.52. The van der Waals surface area contributed by atoms with Gasteiger partial charge in [-0.25, -0.2) is 0 Å². The van der Waals surface area contributed by atoms with Crippen LogP contribution >= 0.6 is 0 Å². The molecule has 0 radical (unpaired) electrons. The van der Waals surface area contributed by atoms with Gasteiger partial charge in [0, 0.05) is 5.56 Å². The molecule has 0 amide bonds. The van der Waals surface area contributed by atoms with Crippen molar-refractivity contribution in [2.75, 3.05) is 0 Å². The van der Waals surface area contributed by atoms with Crippen LogP contribution in [-0.2, 0) is 11.8 Å². The lowest BCUT2D eigenvalue weighted by Gasteiger charge is -2.34. The fourth-order valence-electron chi connectivity index (χ4n) is 9.75. The monoisotopic (exact) mass is 862 g/mol. The summed E-state index contributed by atoms with van der Waals surface area (Å²) in [5, 5.41) is 5.37. The molecule has 10 aromatic rings. The van der Waals surface area contributed by atoms with E-state index in [1.165, 1.54) is 71.6 Å². The van der Waals surface area contributed by atoms with Crippen LogP contribution in [0, 0.1) is 19.3 Å². The average Bonchev–Trinajstić information content (AvgIpc) is 3.71. The van der Waals surface area contributed by atoms with Crippen molar-refractivity contribution >= 4 is 27.6 Å². The molecule has 1 heterocycles. The molecule has 0 spiro atoms. The largest absolute Gasteiger partial charge is 0.449 e. The number of terminal acetylenes is 1. The second kappa shape index (κ2) is 19.0. The summed E-state index contributed by atoms with van der Waals surface area (Å²) in [6.45, 7) is 4.29. The maximum Gasteiger partial charge on any atom is 0.178 e. The van der Waals surface area contributed by atoms with Crippen molar-refractivity contribution in [3.63, 3.8) is 0 Å². The van der Waals surface area contributed by atoms with E-state index >= 15 is 0 Å². The lowest BCUT2D eigenvalue weighted by Crippen LogP contribution is -2.28. The summed E-state index contributed by atoms with van der Waals surface area (Å²) in [5.41, 5.74) is 11.8.